The quantitative estimate of drug-likeness (QED) is 0.106. The highest BCUT2D eigenvalue weighted by Crippen LogP contribution is 2.47. The molecule has 73 heavy (non-hydrogen) atoms. The van der Waals surface area contributed by atoms with Gasteiger partial charge in [-0.3, -0.25) is 0 Å². The van der Waals surface area contributed by atoms with E-state index in [0.29, 0.717) is 0 Å². The Hall–Kier alpha value is -8.02. The van der Waals surface area contributed by atoms with E-state index in [0.717, 1.165) is 56.6 Å². The van der Waals surface area contributed by atoms with Gasteiger partial charge in [0.25, 0.3) is 6.71 Å². The van der Waals surface area contributed by atoms with Crippen LogP contribution in [0, 0.1) is 0 Å². The summed E-state index contributed by atoms with van der Waals surface area (Å²) < 4.78 is 2.53. The van der Waals surface area contributed by atoms with Crippen molar-refractivity contribution < 1.29 is 0 Å². The van der Waals surface area contributed by atoms with Crippen molar-refractivity contribution >= 4 is 85.2 Å². The Kier molecular flexibility index (Phi) is 11.8. The molecule has 3 heterocycles. The fraction of sp³-hybridized carbons (Fsp3) is 0.176. The Morgan fingerprint density at radius 3 is 1.60 bits per heavy atom. The number of nitrogens with zero attached hydrogens (tertiary/aromatic N) is 4. The third kappa shape index (κ3) is 8.51. The van der Waals surface area contributed by atoms with E-state index in [1.165, 1.54) is 49.8 Å². The molecule has 8 aromatic carbocycles. The highest BCUT2D eigenvalue weighted by Gasteiger charge is 2.46. The van der Waals surface area contributed by atoms with E-state index < -0.39 is 0 Å². The molecular weight excluding hydrogens is 884 g/mol. The second-order valence-electron chi connectivity index (χ2n) is 22.8. The number of aromatic nitrogens is 1. The molecule has 0 unspecified atom stereocenters. The van der Waals surface area contributed by atoms with Crippen LogP contribution in [-0.4, -0.2) is 11.3 Å². The fourth-order valence-corrected chi connectivity index (χ4v) is 11.0. The van der Waals surface area contributed by atoms with E-state index in [1.54, 1.807) is 0 Å². The number of para-hydroxylation sites is 3. The number of benzene rings is 8. The van der Waals surface area contributed by atoms with Gasteiger partial charge in [-0.15, -0.1) is 0 Å². The van der Waals surface area contributed by atoms with Crippen LogP contribution in [0.15, 0.2) is 225 Å². The maximum atomic E-state index is 4.17. The minimum absolute atomic E-state index is 0.0291. The monoisotopic (exact) mass is 949 g/mol. The summed E-state index contributed by atoms with van der Waals surface area (Å²) >= 11 is 0. The maximum Gasteiger partial charge on any atom is 0.273 e. The van der Waals surface area contributed by atoms with Gasteiger partial charge in [0, 0.05) is 62.7 Å². The van der Waals surface area contributed by atoms with E-state index in [-0.39, 0.29) is 23.0 Å². The first-order chi connectivity index (χ1) is 35.1. The molecule has 0 fully saturated rings. The van der Waals surface area contributed by atoms with Gasteiger partial charge in [0.15, 0.2) is 0 Å². The van der Waals surface area contributed by atoms with E-state index in [9.17, 15) is 0 Å². The molecule has 0 aliphatic carbocycles. The molecule has 0 bridgehead atoms. The van der Waals surface area contributed by atoms with Crippen LogP contribution in [0.1, 0.15) is 84.6 Å². The van der Waals surface area contributed by atoms with Crippen molar-refractivity contribution in [2.45, 2.75) is 78.6 Å². The normalized spacial score (nSPS) is 13.5. The number of fused-ring (bicyclic) bond motifs is 6. The summed E-state index contributed by atoms with van der Waals surface area (Å²) in [5, 5.41) is 1.19. The number of allylic oxidation sites excluding steroid dienone is 4. The summed E-state index contributed by atoms with van der Waals surface area (Å²) in [4.78, 5) is 7.39. The zero-order chi connectivity index (χ0) is 50.8. The molecule has 9 aromatic rings. The molecule has 1 aromatic heterocycles. The predicted octanol–water partition coefficient (Wildman–Crippen LogP) is 16.5. The predicted molar refractivity (Wildman–Crippen MR) is 316 cm³/mol. The summed E-state index contributed by atoms with van der Waals surface area (Å²) in [7, 11) is 0. The topological polar surface area (TPSA) is 14.7 Å². The third-order valence-electron chi connectivity index (χ3n) is 14.9. The molecule has 4 nitrogen and oxygen atoms in total. The molecule has 11 rings (SSSR count). The van der Waals surface area contributed by atoms with Gasteiger partial charge in [-0.1, -0.05) is 196 Å². The standard InChI is InChI=1S/C68H65BN4/c1-11-21-47(48-30-32-49(33-31-48)66(2,3)4)44-45-70-60-28-20-29-61-63(60)69(65-64(70)57-26-18-19-27-59(57)73(65)53-24-16-13-17-25-53)58-43-42-56(46-62(58)72(61)52-22-14-12-15-23-52)71(54-38-34-50(35-39-54)67(5,6)7)55-40-36-51(37-41-55)68(8,9)10/h11-46H,1H2,2-10H3/b45-44+,47-21+. The van der Waals surface area contributed by atoms with E-state index in [2.05, 4.69) is 301 Å². The highest BCUT2D eigenvalue weighted by atomic mass is 15.2. The van der Waals surface area contributed by atoms with Gasteiger partial charge < -0.3 is 19.3 Å². The van der Waals surface area contributed by atoms with Gasteiger partial charge in [-0.2, -0.15) is 0 Å². The molecule has 2 aliphatic rings. The summed E-state index contributed by atoms with van der Waals surface area (Å²) in [6.07, 6.45) is 8.57. The summed E-state index contributed by atoms with van der Waals surface area (Å²) in [6.45, 7) is 24.5. The Bertz CT molecular complexity index is 3500. The lowest BCUT2D eigenvalue weighted by molar-refractivity contribution is 0.590. The SMILES string of the molecule is C=C/C=C(\C=C\N1c2cccc3c2B(c2ccc(N(c4ccc(C(C)(C)C)cc4)c4ccc(C(C)(C)C)cc4)cc2N3c2ccccc2)c2c1c1ccccc1n2-c1ccccc1)c1ccc(C(C)(C)C)cc1. The lowest BCUT2D eigenvalue weighted by Gasteiger charge is -2.43. The Morgan fingerprint density at radius 2 is 1.03 bits per heavy atom. The van der Waals surface area contributed by atoms with Crippen molar-refractivity contribution in [1.29, 1.82) is 0 Å². The van der Waals surface area contributed by atoms with Gasteiger partial charge in [0.05, 0.1) is 11.2 Å². The summed E-state index contributed by atoms with van der Waals surface area (Å²) in [5.41, 5.74) is 21.4. The van der Waals surface area contributed by atoms with Crippen molar-refractivity contribution in [1.82, 2.24) is 4.57 Å². The maximum absolute atomic E-state index is 4.17. The van der Waals surface area contributed by atoms with Crippen LogP contribution >= 0.6 is 0 Å². The minimum atomic E-state index is -0.124. The van der Waals surface area contributed by atoms with Gasteiger partial charge >= 0.3 is 0 Å². The number of hydrogen-bond acceptors (Lipinski definition) is 3. The first-order valence-corrected chi connectivity index (χ1v) is 25.8. The van der Waals surface area contributed by atoms with Gasteiger partial charge in [-0.25, -0.2) is 0 Å². The summed E-state index contributed by atoms with van der Waals surface area (Å²) in [6, 6.07) is 72.2. The lowest BCUT2D eigenvalue weighted by atomic mass is 9.35. The molecule has 2 aliphatic heterocycles. The second-order valence-corrected chi connectivity index (χ2v) is 22.8. The van der Waals surface area contributed by atoms with Crippen LogP contribution in [0.3, 0.4) is 0 Å². The molecule has 5 heteroatoms. The second kappa shape index (κ2) is 18.2. The highest BCUT2D eigenvalue weighted by molar-refractivity contribution is 7.00. The Labute approximate surface area is 434 Å². The zero-order valence-electron chi connectivity index (χ0n) is 43.9. The van der Waals surface area contributed by atoms with Crippen molar-refractivity contribution in [3.05, 3.63) is 247 Å². The van der Waals surface area contributed by atoms with Crippen LogP contribution in [0.5, 0.6) is 0 Å². The van der Waals surface area contributed by atoms with Crippen LogP contribution in [0.4, 0.5) is 45.5 Å². The molecule has 360 valence electrons. The minimum Gasteiger partial charge on any atom is -0.319 e. The molecule has 0 saturated carbocycles. The van der Waals surface area contributed by atoms with Gasteiger partial charge in [-0.05, 0) is 140 Å². The van der Waals surface area contributed by atoms with Crippen LogP contribution in [0.25, 0.3) is 22.2 Å². The lowest BCUT2D eigenvalue weighted by Crippen LogP contribution is -2.62. The number of anilines is 8. The van der Waals surface area contributed by atoms with Crippen molar-refractivity contribution in [2.24, 2.45) is 0 Å². The van der Waals surface area contributed by atoms with Crippen LogP contribution in [0.2, 0.25) is 0 Å². The van der Waals surface area contributed by atoms with E-state index >= 15 is 0 Å². The van der Waals surface area contributed by atoms with Gasteiger partial charge in [0.1, 0.15) is 0 Å². The molecule has 0 atom stereocenters. The molecular formula is C68H65BN4. The molecule has 0 N–H and O–H groups in total. The Balaban J connectivity index is 1.17. The largest absolute Gasteiger partial charge is 0.319 e. The number of rotatable bonds is 9. The first kappa shape index (κ1) is 47.3. The van der Waals surface area contributed by atoms with Crippen LogP contribution < -0.4 is 31.2 Å². The van der Waals surface area contributed by atoms with Crippen molar-refractivity contribution in [3.63, 3.8) is 0 Å². The van der Waals surface area contributed by atoms with E-state index in [4.69, 9.17) is 0 Å². The van der Waals surface area contributed by atoms with E-state index in [1.807, 2.05) is 6.08 Å². The average Bonchev–Trinajstić information content (AvgIpc) is 3.73. The first-order valence-electron chi connectivity index (χ1n) is 25.8. The zero-order valence-corrected chi connectivity index (χ0v) is 43.9. The summed E-state index contributed by atoms with van der Waals surface area (Å²) in [5.74, 6) is 0. The Morgan fingerprint density at radius 1 is 0.507 bits per heavy atom. The molecule has 0 amide bonds. The number of hydrogen-bond donors (Lipinski definition) is 0. The van der Waals surface area contributed by atoms with Gasteiger partial charge in [0.2, 0.25) is 0 Å². The molecule has 0 saturated heterocycles. The molecule has 0 radical (unpaired) electrons. The fourth-order valence-electron chi connectivity index (χ4n) is 11.0. The smallest absolute Gasteiger partial charge is 0.273 e. The van der Waals surface area contributed by atoms with Crippen molar-refractivity contribution in [2.75, 3.05) is 14.7 Å². The third-order valence-corrected chi connectivity index (χ3v) is 14.9. The molecule has 0 spiro atoms. The average molecular weight is 949 g/mol. The van der Waals surface area contributed by atoms with Crippen molar-refractivity contribution in [3.8, 4) is 5.69 Å². The van der Waals surface area contributed by atoms with Crippen LogP contribution in [-0.2, 0) is 16.2 Å².